The summed E-state index contributed by atoms with van der Waals surface area (Å²) in [5.41, 5.74) is 0.606. The fourth-order valence-corrected chi connectivity index (χ4v) is 4.54. The first-order valence-corrected chi connectivity index (χ1v) is 11.3. The lowest BCUT2D eigenvalue weighted by molar-refractivity contribution is -0.118. The van der Waals surface area contributed by atoms with Crippen LogP contribution in [-0.2, 0) is 14.6 Å². The van der Waals surface area contributed by atoms with Gasteiger partial charge in [-0.2, -0.15) is 0 Å². The number of halogens is 2. The number of nitrogens with zero attached hydrogens (tertiary/aromatic N) is 1. The summed E-state index contributed by atoms with van der Waals surface area (Å²) in [6.45, 7) is 0. The zero-order chi connectivity index (χ0) is 19.6. The van der Waals surface area contributed by atoms with E-state index in [4.69, 9.17) is 0 Å². The van der Waals surface area contributed by atoms with Crippen LogP contribution in [0.1, 0.15) is 30.7 Å². The van der Waals surface area contributed by atoms with E-state index < -0.39 is 28.1 Å². The van der Waals surface area contributed by atoms with Crippen molar-refractivity contribution in [3.8, 4) is 0 Å². The minimum Gasteiger partial charge on any atom is -0.301 e. The highest BCUT2D eigenvalue weighted by Crippen LogP contribution is 2.38. The molecule has 1 amide bonds. The van der Waals surface area contributed by atoms with Crippen LogP contribution in [0.25, 0.3) is 0 Å². The number of anilines is 1. The number of thiazole rings is 1. The van der Waals surface area contributed by atoms with Crippen LogP contribution in [-0.4, -0.2) is 37.9 Å². The van der Waals surface area contributed by atoms with Crippen molar-refractivity contribution < 1.29 is 22.0 Å². The smallest absolute Gasteiger partial charge is 0.233 e. The monoisotopic (exact) mass is 414 g/mol. The molecule has 1 N–H and O–H groups in total. The van der Waals surface area contributed by atoms with Crippen molar-refractivity contribution in [2.24, 2.45) is 5.92 Å². The number of benzene rings is 1. The number of nitrogens with one attached hydrogen (secondary N) is 1. The first-order chi connectivity index (χ1) is 12.7. The summed E-state index contributed by atoms with van der Waals surface area (Å²) in [6, 6.07) is 6.05. The van der Waals surface area contributed by atoms with Crippen LogP contribution >= 0.6 is 11.3 Å². The fraction of sp³-hybridized carbons (Fsp3) is 0.444. The van der Waals surface area contributed by atoms with Crippen LogP contribution in [0, 0.1) is 5.92 Å². The predicted molar refractivity (Wildman–Crippen MR) is 100 cm³/mol. The Labute approximate surface area is 160 Å². The summed E-state index contributed by atoms with van der Waals surface area (Å²) in [5.74, 6) is -1.23. The molecule has 0 unspecified atom stereocenters. The Kier molecular flexibility index (Phi) is 5.90. The van der Waals surface area contributed by atoms with E-state index in [2.05, 4.69) is 10.3 Å². The van der Waals surface area contributed by atoms with Crippen molar-refractivity contribution in [1.82, 2.24) is 4.98 Å². The van der Waals surface area contributed by atoms with Crippen LogP contribution in [0.5, 0.6) is 0 Å². The van der Waals surface area contributed by atoms with E-state index in [9.17, 15) is 22.0 Å². The van der Waals surface area contributed by atoms with Crippen LogP contribution in [0.15, 0.2) is 40.7 Å². The molecule has 0 aliphatic heterocycles. The number of hydrogen-bond acceptors (Lipinski definition) is 5. The summed E-state index contributed by atoms with van der Waals surface area (Å²) >= 11 is 1.27. The van der Waals surface area contributed by atoms with E-state index >= 15 is 0 Å². The molecular weight excluding hydrogens is 394 g/mol. The first-order valence-electron chi connectivity index (χ1n) is 8.52. The number of amides is 1. The molecule has 3 rings (SSSR count). The Balaban J connectivity index is 1.83. The van der Waals surface area contributed by atoms with E-state index in [0.29, 0.717) is 10.7 Å². The van der Waals surface area contributed by atoms with E-state index in [1.54, 1.807) is 23.7 Å². The topological polar surface area (TPSA) is 76.1 Å². The maximum Gasteiger partial charge on any atom is 0.233 e. The molecule has 1 fully saturated rings. The second-order valence-electron chi connectivity index (χ2n) is 6.83. The van der Waals surface area contributed by atoms with Crippen molar-refractivity contribution in [3.05, 3.63) is 41.4 Å². The van der Waals surface area contributed by atoms with Gasteiger partial charge in [0.2, 0.25) is 5.91 Å². The van der Waals surface area contributed by atoms with E-state index in [-0.39, 0.29) is 36.0 Å². The van der Waals surface area contributed by atoms with Gasteiger partial charge in [-0.3, -0.25) is 4.79 Å². The molecule has 1 aliphatic carbocycles. The van der Waals surface area contributed by atoms with Gasteiger partial charge in [0.15, 0.2) is 15.0 Å². The van der Waals surface area contributed by atoms with Crippen molar-refractivity contribution in [2.45, 2.75) is 42.4 Å². The van der Waals surface area contributed by atoms with Gasteiger partial charge in [-0.05, 0) is 42.9 Å². The summed E-state index contributed by atoms with van der Waals surface area (Å²) in [5, 5.41) is 4.89. The number of carbonyl (C=O) groups is 1. The van der Waals surface area contributed by atoms with Gasteiger partial charge in [0, 0.05) is 17.8 Å². The molecule has 2 aromatic rings. The largest absolute Gasteiger partial charge is 0.301 e. The second kappa shape index (κ2) is 8.02. The highest BCUT2D eigenvalue weighted by molar-refractivity contribution is 7.90. The van der Waals surface area contributed by atoms with Gasteiger partial charge in [-0.25, -0.2) is 22.2 Å². The highest BCUT2D eigenvalue weighted by Gasteiger charge is 2.37. The molecule has 0 saturated heterocycles. The second-order valence-corrected chi connectivity index (χ2v) is 9.74. The molecule has 4 atom stereocenters. The zero-order valence-corrected chi connectivity index (χ0v) is 16.3. The van der Waals surface area contributed by atoms with E-state index in [0.717, 1.165) is 6.26 Å². The quantitative estimate of drug-likeness (QED) is 0.781. The van der Waals surface area contributed by atoms with E-state index in [1.807, 2.05) is 0 Å². The Morgan fingerprint density at radius 3 is 2.41 bits per heavy atom. The maximum absolute atomic E-state index is 13.6. The zero-order valence-electron chi connectivity index (χ0n) is 14.6. The third-order valence-electron chi connectivity index (χ3n) is 4.77. The summed E-state index contributed by atoms with van der Waals surface area (Å²) in [4.78, 5) is 17.0. The average molecular weight is 414 g/mol. The van der Waals surface area contributed by atoms with Gasteiger partial charge in [-0.15, -0.1) is 11.3 Å². The molecule has 5 nitrogen and oxygen atoms in total. The number of hydrogen-bond donors (Lipinski definition) is 1. The van der Waals surface area contributed by atoms with Gasteiger partial charge in [0.1, 0.15) is 12.3 Å². The molecule has 1 aromatic heterocycles. The van der Waals surface area contributed by atoms with Gasteiger partial charge >= 0.3 is 0 Å². The molecule has 9 heteroatoms. The minimum absolute atomic E-state index is 0.0869. The van der Waals surface area contributed by atoms with Gasteiger partial charge < -0.3 is 5.32 Å². The number of rotatable bonds is 6. The van der Waals surface area contributed by atoms with Gasteiger partial charge in [-0.1, -0.05) is 12.1 Å². The third kappa shape index (κ3) is 4.90. The van der Waals surface area contributed by atoms with Crippen LogP contribution in [0.4, 0.5) is 13.9 Å². The molecule has 0 spiro atoms. The van der Waals surface area contributed by atoms with Crippen molar-refractivity contribution in [1.29, 1.82) is 0 Å². The lowest BCUT2D eigenvalue weighted by atomic mass is 9.87. The first kappa shape index (κ1) is 19.9. The molecule has 1 heterocycles. The predicted octanol–water partition coefficient (Wildman–Crippen LogP) is 3.75. The van der Waals surface area contributed by atoms with Crippen LogP contribution in [0.2, 0.25) is 0 Å². The van der Waals surface area contributed by atoms with Gasteiger partial charge in [0.25, 0.3) is 0 Å². The van der Waals surface area contributed by atoms with Gasteiger partial charge in [0.05, 0.1) is 10.8 Å². The summed E-state index contributed by atoms with van der Waals surface area (Å²) in [6.07, 6.45) is 0.143. The fourth-order valence-electron chi connectivity index (χ4n) is 3.37. The molecule has 1 saturated carbocycles. The van der Waals surface area contributed by atoms with Crippen molar-refractivity contribution in [3.63, 3.8) is 0 Å². The summed E-state index contributed by atoms with van der Waals surface area (Å²) < 4.78 is 50.4. The molecule has 27 heavy (non-hydrogen) atoms. The number of alkyl halides is 2. The third-order valence-corrected chi connectivity index (χ3v) is 6.59. The SMILES string of the molecule is CS(=O)(=O)c1ccc([C@@H](C[C@H]2C[C@@H](F)[C@@H](F)C2)C(=O)Nc2nccs2)cc1. The molecule has 0 radical (unpaired) electrons. The highest BCUT2D eigenvalue weighted by atomic mass is 32.2. The van der Waals surface area contributed by atoms with Crippen molar-refractivity contribution in [2.75, 3.05) is 11.6 Å². The molecule has 146 valence electrons. The normalized spacial score (nSPS) is 23.9. The molecule has 1 aromatic carbocycles. The Morgan fingerprint density at radius 1 is 1.26 bits per heavy atom. The minimum atomic E-state index is -3.35. The standard InChI is InChI=1S/C18H20F2N2O3S2/c1-27(24,25)13-4-2-12(3-5-13)14(8-11-9-15(19)16(20)10-11)17(23)22-18-21-6-7-26-18/h2-7,11,14-16H,8-10H2,1H3,(H,21,22,23)/t11-,14-,15+,16-/m1/s1. The lowest BCUT2D eigenvalue weighted by Crippen LogP contribution is -2.23. The van der Waals surface area contributed by atoms with Crippen molar-refractivity contribution >= 4 is 32.2 Å². The Hall–Kier alpha value is -1.87. The van der Waals surface area contributed by atoms with E-state index in [1.165, 1.54) is 23.5 Å². The van der Waals surface area contributed by atoms with Crippen LogP contribution < -0.4 is 5.32 Å². The Bertz CT molecular complexity index is 876. The summed E-state index contributed by atoms with van der Waals surface area (Å²) in [7, 11) is -3.35. The molecular formula is C18H20F2N2O3S2. The maximum atomic E-state index is 13.6. The number of carbonyl (C=O) groups excluding carboxylic acids is 1. The molecule has 0 bridgehead atoms. The lowest BCUT2D eigenvalue weighted by Gasteiger charge is -2.20. The number of aromatic nitrogens is 1. The van der Waals surface area contributed by atoms with Crippen LogP contribution in [0.3, 0.4) is 0 Å². The molecule has 1 aliphatic rings. The number of sulfone groups is 1. The average Bonchev–Trinajstić information content (AvgIpc) is 3.22. The Morgan fingerprint density at radius 2 is 1.89 bits per heavy atom.